The maximum Gasteiger partial charge on any atom is 0.306 e. The third-order valence-electron chi connectivity index (χ3n) is 11.8. The summed E-state index contributed by atoms with van der Waals surface area (Å²) >= 11 is 0. The summed E-state index contributed by atoms with van der Waals surface area (Å²) in [5.41, 5.74) is 0. The van der Waals surface area contributed by atoms with Gasteiger partial charge < -0.3 is 14.2 Å². The molecule has 0 aromatic rings. The van der Waals surface area contributed by atoms with Gasteiger partial charge in [0.05, 0.1) is 0 Å². The Morgan fingerprint density at radius 1 is 0.303 bits per heavy atom. The first-order valence-corrected chi connectivity index (χ1v) is 27.7. The molecule has 0 aliphatic rings. The van der Waals surface area contributed by atoms with Gasteiger partial charge in [-0.3, -0.25) is 14.4 Å². The molecule has 0 fully saturated rings. The van der Waals surface area contributed by atoms with Crippen LogP contribution in [0.1, 0.15) is 258 Å². The zero-order chi connectivity index (χ0) is 47.9. The first kappa shape index (κ1) is 62.6. The Balaban J connectivity index is 4.40. The second-order valence-corrected chi connectivity index (χ2v) is 18.3. The van der Waals surface area contributed by atoms with Gasteiger partial charge in [0.15, 0.2) is 6.10 Å². The van der Waals surface area contributed by atoms with E-state index in [1.807, 2.05) is 24.3 Å². The molecule has 378 valence electrons. The van der Waals surface area contributed by atoms with Crippen molar-refractivity contribution in [1.82, 2.24) is 0 Å². The van der Waals surface area contributed by atoms with Crippen molar-refractivity contribution in [3.05, 3.63) is 85.1 Å². The van der Waals surface area contributed by atoms with Gasteiger partial charge in [-0.15, -0.1) is 0 Å². The molecule has 0 spiro atoms. The Morgan fingerprint density at radius 2 is 0.576 bits per heavy atom. The molecule has 66 heavy (non-hydrogen) atoms. The minimum absolute atomic E-state index is 0.0868. The van der Waals surface area contributed by atoms with E-state index in [1.54, 1.807) is 0 Å². The van der Waals surface area contributed by atoms with E-state index in [1.165, 1.54) is 135 Å². The summed E-state index contributed by atoms with van der Waals surface area (Å²) in [5.74, 6) is -0.912. The van der Waals surface area contributed by atoms with E-state index >= 15 is 0 Å². The number of hydrogen-bond donors (Lipinski definition) is 0. The van der Waals surface area contributed by atoms with Gasteiger partial charge in [0, 0.05) is 19.3 Å². The summed E-state index contributed by atoms with van der Waals surface area (Å²) in [5, 5.41) is 0. The van der Waals surface area contributed by atoms with Crippen LogP contribution in [0.2, 0.25) is 0 Å². The largest absolute Gasteiger partial charge is 0.462 e. The number of ether oxygens (including phenoxy) is 3. The van der Waals surface area contributed by atoms with Crippen LogP contribution < -0.4 is 0 Å². The molecule has 0 aliphatic carbocycles. The third kappa shape index (κ3) is 51.6. The predicted octanol–water partition coefficient (Wildman–Crippen LogP) is 18.4. The quantitative estimate of drug-likeness (QED) is 0.0262. The highest BCUT2D eigenvalue weighted by molar-refractivity contribution is 5.71. The number of hydrogen-bond acceptors (Lipinski definition) is 6. The smallest absolute Gasteiger partial charge is 0.306 e. The Morgan fingerprint density at radius 3 is 0.955 bits per heavy atom. The van der Waals surface area contributed by atoms with Crippen LogP contribution in [0, 0.1) is 0 Å². The Hall–Kier alpha value is -3.41. The highest BCUT2D eigenvalue weighted by Crippen LogP contribution is 2.15. The van der Waals surface area contributed by atoms with Crippen LogP contribution in [-0.2, 0) is 28.6 Å². The summed E-state index contributed by atoms with van der Waals surface area (Å²) in [7, 11) is 0. The SMILES string of the molecule is CCC\C=C/C=C\C=C/C=C\C=C/CCCCCCCC(=O)OC(COC(=O)CCCCCCCCCCCCC)COC(=O)CCCCCCCCCCCC/C=C\C=C/CCCCC. The lowest BCUT2D eigenvalue weighted by Crippen LogP contribution is -2.30. The second kappa shape index (κ2) is 54.2. The molecule has 6 nitrogen and oxygen atoms in total. The number of esters is 3. The summed E-state index contributed by atoms with van der Waals surface area (Å²) in [6.07, 6.45) is 69.9. The summed E-state index contributed by atoms with van der Waals surface area (Å²) in [6.45, 7) is 6.50. The Labute approximate surface area is 407 Å². The van der Waals surface area contributed by atoms with Crippen LogP contribution in [-0.4, -0.2) is 37.2 Å². The lowest BCUT2D eigenvalue weighted by Gasteiger charge is -2.18. The van der Waals surface area contributed by atoms with Crippen molar-refractivity contribution in [2.24, 2.45) is 0 Å². The molecule has 0 aliphatic heterocycles. The molecule has 0 saturated carbocycles. The molecule has 0 N–H and O–H groups in total. The molecule has 1 unspecified atom stereocenters. The average Bonchev–Trinajstić information content (AvgIpc) is 3.31. The maximum absolute atomic E-state index is 12.8. The summed E-state index contributed by atoms with van der Waals surface area (Å²) in [6, 6.07) is 0. The third-order valence-corrected chi connectivity index (χ3v) is 11.8. The Bertz CT molecular complexity index is 1290. The van der Waals surface area contributed by atoms with Crippen molar-refractivity contribution in [3.63, 3.8) is 0 Å². The average molecular weight is 919 g/mol. The van der Waals surface area contributed by atoms with E-state index in [2.05, 4.69) is 81.5 Å². The van der Waals surface area contributed by atoms with Crippen LogP contribution in [0.15, 0.2) is 85.1 Å². The van der Waals surface area contributed by atoms with Gasteiger partial charge in [-0.25, -0.2) is 0 Å². The summed E-state index contributed by atoms with van der Waals surface area (Å²) in [4.78, 5) is 38.1. The lowest BCUT2D eigenvalue weighted by molar-refractivity contribution is -0.167. The fraction of sp³-hybridized carbons (Fsp3) is 0.717. The van der Waals surface area contributed by atoms with E-state index in [0.717, 1.165) is 83.5 Å². The molecular weight excluding hydrogens is 817 g/mol. The van der Waals surface area contributed by atoms with Gasteiger partial charge in [0.1, 0.15) is 13.2 Å². The molecular formula is C60H102O6. The van der Waals surface area contributed by atoms with E-state index in [-0.39, 0.29) is 31.1 Å². The summed E-state index contributed by atoms with van der Waals surface area (Å²) < 4.78 is 16.8. The first-order chi connectivity index (χ1) is 32.5. The zero-order valence-electron chi connectivity index (χ0n) is 43.2. The van der Waals surface area contributed by atoms with E-state index in [9.17, 15) is 14.4 Å². The standard InChI is InChI=1S/C60H102O6/c1-4-7-10-13-16-19-22-24-26-28-30-32-33-35-38-41-44-47-50-53-59(62)65-56-57(55-64-58(61)52-49-46-43-40-37-21-18-15-12-9-6-3)66-60(63)54-51-48-45-42-39-36-34-31-29-27-25-23-20-17-14-11-8-5-2/h11,14,16-17,19-20,22-25,27,29,31,34,57H,4-10,12-13,15,18,21,26,28,30,32-33,35-56H2,1-3H3/b14-11-,19-16-,20-17-,24-22-,25-23-,29-27-,34-31-. The van der Waals surface area contributed by atoms with Gasteiger partial charge >= 0.3 is 17.9 Å². The van der Waals surface area contributed by atoms with Crippen LogP contribution in [0.25, 0.3) is 0 Å². The fourth-order valence-electron chi connectivity index (χ4n) is 7.58. The van der Waals surface area contributed by atoms with Crippen molar-refractivity contribution in [1.29, 1.82) is 0 Å². The van der Waals surface area contributed by atoms with Gasteiger partial charge in [0.2, 0.25) is 0 Å². The molecule has 0 radical (unpaired) electrons. The van der Waals surface area contributed by atoms with Crippen LogP contribution in [0.5, 0.6) is 0 Å². The monoisotopic (exact) mass is 919 g/mol. The Kier molecular flexibility index (Phi) is 51.4. The predicted molar refractivity (Wildman–Crippen MR) is 284 cm³/mol. The minimum Gasteiger partial charge on any atom is -0.462 e. The van der Waals surface area contributed by atoms with Crippen molar-refractivity contribution < 1.29 is 28.6 Å². The van der Waals surface area contributed by atoms with E-state index in [4.69, 9.17) is 14.2 Å². The topological polar surface area (TPSA) is 78.9 Å². The number of rotatable bonds is 49. The second-order valence-electron chi connectivity index (χ2n) is 18.3. The molecule has 1 atom stereocenters. The van der Waals surface area contributed by atoms with Gasteiger partial charge in [0.25, 0.3) is 0 Å². The van der Waals surface area contributed by atoms with Crippen LogP contribution in [0.4, 0.5) is 0 Å². The molecule has 0 aromatic carbocycles. The number of carbonyl (C=O) groups excluding carboxylic acids is 3. The number of carbonyl (C=O) groups is 3. The van der Waals surface area contributed by atoms with Gasteiger partial charge in [-0.1, -0.05) is 260 Å². The molecule has 0 rings (SSSR count). The molecule has 0 heterocycles. The minimum atomic E-state index is -0.790. The maximum atomic E-state index is 12.8. The number of allylic oxidation sites excluding steroid dienone is 14. The van der Waals surface area contributed by atoms with Crippen molar-refractivity contribution >= 4 is 17.9 Å². The number of unbranched alkanes of at least 4 members (excludes halogenated alkanes) is 29. The molecule has 0 bridgehead atoms. The van der Waals surface area contributed by atoms with Gasteiger partial charge in [-0.05, 0) is 64.2 Å². The highest BCUT2D eigenvalue weighted by atomic mass is 16.6. The lowest BCUT2D eigenvalue weighted by atomic mass is 10.1. The zero-order valence-corrected chi connectivity index (χ0v) is 43.2. The van der Waals surface area contributed by atoms with Crippen molar-refractivity contribution in [2.75, 3.05) is 13.2 Å². The van der Waals surface area contributed by atoms with E-state index < -0.39 is 6.10 Å². The van der Waals surface area contributed by atoms with Crippen molar-refractivity contribution in [3.8, 4) is 0 Å². The van der Waals surface area contributed by atoms with Gasteiger partial charge in [-0.2, -0.15) is 0 Å². The van der Waals surface area contributed by atoms with Crippen LogP contribution in [0.3, 0.4) is 0 Å². The molecule has 0 saturated heterocycles. The molecule has 0 amide bonds. The fourth-order valence-corrected chi connectivity index (χ4v) is 7.58. The van der Waals surface area contributed by atoms with E-state index in [0.29, 0.717) is 19.3 Å². The normalized spacial score (nSPS) is 12.7. The molecule has 6 heteroatoms. The molecule has 0 aromatic heterocycles. The highest BCUT2D eigenvalue weighted by Gasteiger charge is 2.19. The van der Waals surface area contributed by atoms with Crippen LogP contribution >= 0.6 is 0 Å². The van der Waals surface area contributed by atoms with Crippen molar-refractivity contribution in [2.45, 2.75) is 264 Å². The first-order valence-electron chi connectivity index (χ1n) is 27.7.